The Kier molecular flexibility index (Phi) is 10.9. The van der Waals surface area contributed by atoms with Crippen LogP contribution in [0, 0.1) is 0 Å². The molecule has 0 aliphatic heterocycles. The Morgan fingerprint density at radius 1 is 1.14 bits per heavy atom. The molecule has 1 radical (unpaired) electrons. The van der Waals surface area contributed by atoms with Gasteiger partial charge in [-0.25, -0.2) is 0 Å². The van der Waals surface area contributed by atoms with Crippen LogP contribution in [0.25, 0.3) is 0 Å². The molecule has 0 unspecified atom stereocenters. The molecular formula is HAsCuO5. The molecule has 47 valence electrons. The quantitative estimate of drug-likeness (QED) is 0.383. The first-order chi connectivity index (χ1) is 2.00. The first kappa shape index (κ1) is 15.6. The molecule has 0 heterocycles. The Morgan fingerprint density at radius 3 is 1.14 bits per heavy atom. The summed E-state index contributed by atoms with van der Waals surface area (Å²) in [6.45, 7) is 0. The first-order valence-corrected chi connectivity index (χ1v) is 3.79. The number of rotatable bonds is 0. The molecule has 0 rings (SSSR count). The first-order valence-electron chi connectivity index (χ1n) is 0.730. The van der Waals surface area contributed by atoms with Crippen LogP contribution in [0.1, 0.15) is 0 Å². The van der Waals surface area contributed by atoms with E-state index in [0.717, 1.165) is 0 Å². The van der Waals surface area contributed by atoms with Crippen LogP contribution in [0.2, 0.25) is 0 Å². The standard InChI is InChI=1S/AsH3O4.Cu.H2O/c2-1(3,4)5;;/h(H3,2,3,4,5);;1H2/q;+4;/p-4. The van der Waals surface area contributed by atoms with Crippen molar-refractivity contribution in [1.82, 2.24) is 0 Å². The molecule has 0 aromatic carbocycles. The fourth-order valence-electron chi connectivity index (χ4n) is 0. The average molecular weight is 219 g/mol. The predicted molar refractivity (Wildman–Crippen MR) is 8.38 cm³/mol. The molecule has 0 amide bonds. The van der Waals surface area contributed by atoms with Gasteiger partial charge in [0.2, 0.25) is 0 Å². The normalized spacial score (nSPS) is 8.43. The van der Waals surface area contributed by atoms with Crippen LogP contribution < -0.4 is 12.3 Å². The van der Waals surface area contributed by atoms with Crippen LogP contribution in [-0.2, 0) is 20.8 Å². The molecular weight excluding hydrogens is 218 g/mol. The Morgan fingerprint density at radius 2 is 1.14 bits per heavy atom. The van der Waals surface area contributed by atoms with Crippen LogP contribution in [0.5, 0.6) is 0 Å². The average Bonchev–Trinajstić information content (AvgIpc) is 0.722. The molecule has 0 aliphatic carbocycles. The maximum absolute atomic E-state index is 8.61. The maximum atomic E-state index is 8.61. The molecule has 0 saturated heterocycles. The van der Waals surface area contributed by atoms with E-state index >= 15 is 0 Å². The van der Waals surface area contributed by atoms with Crippen molar-refractivity contribution >= 4 is 14.5 Å². The van der Waals surface area contributed by atoms with Gasteiger partial charge in [0.15, 0.2) is 0 Å². The largest absolute Gasteiger partial charge is 4.00 e. The minimum Gasteiger partial charge on any atom is -0.870 e. The molecule has 7 heteroatoms. The Balaban J connectivity index is -0.0000000800. The number of hydrogen-bond acceptors (Lipinski definition) is 5. The summed E-state index contributed by atoms with van der Waals surface area (Å²) in [4.78, 5) is 0. The van der Waals surface area contributed by atoms with Crippen molar-refractivity contribution in [2.75, 3.05) is 0 Å². The van der Waals surface area contributed by atoms with Gasteiger partial charge in [-0.15, -0.1) is 0 Å². The predicted octanol–water partition coefficient (Wildman–Crippen LogP) is -4.25. The van der Waals surface area contributed by atoms with Gasteiger partial charge in [0.05, 0.1) is 0 Å². The third-order valence-electron chi connectivity index (χ3n) is 0. The minimum atomic E-state index is -5.88. The molecule has 5 nitrogen and oxygen atoms in total. The zero-order valence-electron chi connectivity index (χ0n) is 2.83. The molecule has 0 spiro atoms. The van der Waals surface area contributed by atoms with E-state index in [0.29, 0.717) is 0 Å². The smallest absolute Gasteiger partial charge is 0.870 e. The summed E-state index contributed by atoms with van der Waals surface area (Å²) in [6.07, 6.45) is 0. The van der Waals surface area contributed by atoms with E-state index in [1.807, 2.05) is 0 Å². The molecule has 0 aliphatic rings. The van der Waals surface area contributed by atoms with Gasteiger partial charge in [0.25, 0.3) is 0 Å². The van der Waals surface area contributed by atoms with Crippen LogP contribution in [0.15, 0.2) is 0 Å². The van der Waals surface area contributed by atoms with Gasteiger partial charge in [0, 0.05) is 0 Å². The molecule has 7 heavy (non-hydrogen) atoms. The van der Waals surface area contributed by atoms with Crippen LogP contribution in [-0.4, -0.2) is 20.0 Å². The Labute approximate surface area is 53.5 Å². The van der Waals surface area contributed by atoms with E-state index in [2.05, 4.69) is 0 Å². The van der Waals surface area contributed by atoms with Crippen molar-refractivity contribution in [3.05, 3.63) is 0 Å². The molecule has 0 bridgehead atoms. The van der Waals surface area contributed by atoms with Crippen molar-refractivity contribution in [3.8, 4) is 0 Å². The van der Waals surface area contributed by atoms with E-state index in [9.17, 15) is 0 Å². The maximum Gasteiger partial charge on any atom is 4.00 e. The second-order valence-electron chi connectivity index (χ2n) is 0.447. The van der Waals surface area contributed by atoms with Gasteiger partial charge in [0.1, 0.15) is 0 Å². The summed E-state index contributed by atoms with van der Waals surface area (Å²) in [6, 6.07) is 0. The Bertz CT molecular complexity index is 54.2. The van der Waals surface area contributed by atoms with Gasteiger partial charge in [-0.1, -0.05) is 0 Å². The zero-order chi connectivity index (χ0) is 4.50. The molecule has 0 aromatic heterocycles. The molecule has 0 aromatic rings. The summed E-state index contributed by atoms with van der Waals surface area (Å²) in [5.74, 6) is 0. The number of hydrogen-bond donors (Lipinski definition) is 0. The molecule has 1 N–H and O–H groups in total. The van der Waals surface area contributed by atoms with Gasteiger partial charge in [-0.05, 0) is 0 Å². The van der Waals surface area contributed by atoms with Gasteiger partial charge >= 0.3 is 47.6 Å². The van der Waals surface area contributed by atoms with Gasteiger partial charge in [-0.2, -0.15) is 0 Å². The Hall–Kier alpha value is 0.718. The van der Waals surface area contributed by atoms with Crippen molar-refractivity contribution in [2.45, 2.75) is 0 Å². The van der Waals surface area contributed by atoms with Crippen molar-refractivity contribution in [2.24, 2.45) is 0 Å². The van der Waals surface area contributed by atoms with Crippen molar-refractivity contribution in [3.63, 3.8) is 0 Å². The molecule has 0 saturated carbocycles. The van der Waals surface area contributed by atoms with Crippen molar-refractivity contribution < 1.29 is 38.6 Å². The topological polar surface area (TPSA) is 116 Å². The summed E-state index contributed by atoms with van der Waals surface area (Å²) >= 11 is -5.88. The fourth-order valence-corrected chi connectivity index (χ4v) is 0. The second kappa shape index (κ2) is 4.87. The summed E-state index contributed by atoms with van der Waals surface area (Å²) in [7, 11) is 0. The van der Waals surface area contributed by atoms with Crippen molar-refractivity contribution in [1.29, 1.82) is 0 Å². The monoisotopic (exact) mass is 219 g/mol. The third kappa shape index (κ3) is 290. The fraction of sp³-hybridized carbons (Fsp3) is 0. The van der Waals surface area contributed by atoms with E-state index < -0.39 is 14.5 Å². The summed E-state index contributed by atoms with van der Waals surface area (Å²) in [5, 5.41) is 0. The van der Waals surface area contributed by atoms with Gasteiger partial charge in [-0.3, -0.25) is 0 Å². The van der Waals surface area contributed by atoms with Crippen LogP contribution >= 0.6 is 0 Å². The third-order valence-corrected chi connectivity index (χ3v) is 0. The molecule has 0 atom stereocenters. The summed E-state index contributed by atoms with van der Waals surface area (Å²) < 4.78 is 34.4. The van der Waals surface area contributed by atoms with E-state index in [-0.39, 0.29) is 22.5 Å². The van der Waals surface area contributed by atoms with Crippen LogP contribution in [0.4, 0.5) is 0 Å². The second-order valence-corrected chi connectivity index (χ2v) is 2.32. The van der Waals surface area contributed by atoms with E-state index in [4.69, 9.17) is 16.0 Å². The van der Waals surface area contributed by atoms with E-state index in [1.165, 1.54) is 0 Å². The van der Waals surface area contributed by atoms with Gasteiger partial charge < -0.3 is 5.48 Å². The zero-order valence-corrected chi connectivity index (χ0v) is 5.65. The summed E-state index contributed by atoms with van der Waals surface area (Å²) in [5.41, 5.74) is 0. The molecule has 0 fully saturated rings. The van der Waals surface area contributed by atoms with E-state index in [1.54, 1.807) is 0 Å². The SMILES string of the molecule is O=[As]([O-])([O-])[O-].[Cu+4].[OH-]. The minimum absolute atomic E-state index is 0. The van der Waals surface area contributed by atoms with Crippen LogP contribution in [0.3, 0.4) is 0 Å².